The smallest absolute Gasteiger partial charge is 0.160 e. The van der Waals surface area contributed by atoms with Gasteiger partial charge in [0, 0.05) is 24.7 Å². The van der Waals surface area contributed by atoms with Gasteiger partial charge in [-0.25, -0.2) is 19.3 Å². The van der Waals surface area contributed by atoms with Crippen LogP contribution in [-0.4, -0.2) is 34.1 Å². The van der Waals surface area contributed by atoms with Crippen LogP contribution in [0.5, 0.6) is 0 Å². The molecule has 1 aromatic carbocycles. The Morgan fingerprint density at radius 1 is 1.24 bits per heavy atom. The molecule has 1 aliphatic rings. The lowest BCUT2D eigenvalue weighted by molar-refractivity contribution is 0.515. The minimum atomic E-state index is -0.421. The monoisotopic (exact) mass is 334 g/mol. The van der Waals surface area contributed by atoms with Crippen molar-refractivity contribution in [1.29, 1.82) is 0 Å². The van der Waals surface area contributed by atoms with Crippen molar-refractivity contribution in [3.05, 3.63) is 48.0 Å². The van der Waals surface area contributed by atoms with Crippen molar-refractivity contribution in [3.63, 3.8) is 0 Å². The zero-order valence-electron chi connectivity index (χ0n) is 13.3. The molecule has 0 bridgehead atoms. The summed E-state index contributed by atoms with van der Waals surface area (Å²) < 4.78 is 14.1. The van der Waals surface area contributed by atoms with Gasteiger partial charge in [0.2, 0.25) is 0 Å². The van der Waals surface area contributed by atoms with Crippen LogP contribution in [0.3, 0.4) is 0 Å². The molecule has 0 saturated carbocycles. The van der Waals surface area contributed by atoms with Gasteiger partial charge in [0.05, 0.1) is 11.2 Å². The zero-order chi connectivity index (χ0) is 17.4. The van der Waals surface area contributed by atoms with Gasteiger partial charge >= 0.3 is 0 Å². The number of fused-ring (bicyclic) bond motifs is 1. The summed E-state index contributed by atoms with van der Waals surface area (Å²) in [5, 5.41) is 2.97. The number of terminal acetylenes is 1. The lowest BCUT2D eigenvalue weighted by Crippen LogP contribution is -2.56. The van der Waals surface area contributed by atoms with Crippen LogP contribution in [0.15, 0.2) is 36.7 Å². The van der Waals surface area contributed by atoms with Crippen LogP contribution in [0.25, 0.3) is 11.0 Å². The highest BCUT2D eigenvalue weighted by atomic mass is 19.1. The molecule has 25 heavy (non-hydrogen) atoms. The van der Waals surface area contributed by atoms with Crippen LogP contribution in [-0.2, 0) is 0 Å². The Morgan fingerprint density at radius 2 is 2.08 bits per heavy atom. The van der Waals surface area contributed by atoms with E-state index in [2.05, 4.69) is 31.1 Å². The van der Waals surface area contributed by atoms with Gasteiger partial charge in [0.15, 0.2) is 5.82 Å². The second-order valence-electron chi connectivity index (χ2n) is 5.89. The summed E-state index contributed by atoms with van der Waals surface area (Å²) in [4.78, 5) is 15.1. The molecule has 2 aromatic heterocycles. The predicted molar refractivity (Wildman–Crippen MR) is 95.1 cm³/mol. The molecule has 0 spiro atoms. The third-order valence-corrected chi connectivity index (χ3v) is 4.09. The average Bonchev–Trinajstić information content (AvgIpc) is 2.61. The molecule has 1 aliphatic heterocycles. The Balaban J connectivity index is 1.74. The number of benzene rings is 1. The van der Waals surface area contributed by atoms with Crippen molar-refractivity contribution in [2.24, 2.45) is 5.73 Å². The summed E-state index contributed by atoms with van der Waals surface area (Å²) >= 11 is 0. The third kappa shape index (κ3) is 2.84. The van der Waals surface area contributed by atoms with Gasteiger partial charge in [-0.1, -0.05) is 5.92 Å². The van der Waals surface area contributed by atoms with Gasteiger partial charge < -0.3 is 16.0 Å². The molecule has 1 saturated heterocycles. The number of nitrogens with zero attached hydrogens (tertiary/aromatic N) is 4. The van der Waals surface area contributed by atoms with Crippen LogP contribution in [0.1, 0.15) is 5.56 Å². The molecule has 0 aliphatic carbocycles. The number of halogens is 1. The highest BCUT2D eigenvalue weighted by Crippen LogP contribution is 2.27. The fourth-order valence-electron chi connectivity index (χ4n) is 2.74. The van der Waals surface area contributed by atoms with Crippen molar-refractivity contribution in [2.75, 3.05) is 23.3 Å². The maximum absolute atomic E-state index is 14.1. The Bertz CT molecular complexity index is 991. The molecule has 0 atom stereocenters. The highest BCUT2D eigenvalue weighted by molar-refractivity contribution is 5.88. The fraction of sp³-hybridized carbons (Fsp3) is 0.167. The van der Waals surface area contributed by atoms with Gasteiger partial charge in [0.25, 0.3) is 0 Å². The minimum Gasteiger partial charge on any atom is -0.353 e. The number of hydrogen-bond donors (Lipinski definition) is 2. The maximum atomic E-state index is 14.1. The topological polar surface area (TPSA) is 80.0 Å². The summed E-state index contributed by atoms with van der Waals surface area (Å²) in [5.74, 6) is 3.28. The first-order chi connectivity index (χ1) is 12.1. The first-order valence-electron chi connectivity index (χ1n) is 7.79. The van der Waals surface area contributed by atoms with E-state index in [1.54, 1.807) is 12.1 Å². The summed E-state index contributed by atoms with van der Waals surface area (Å²) in [6.45, 7) is 1.52. The highest BCUT2D eigenvalue weighted by Gasteiger charge is 2.24. The molecule has 0 unspecified atom stereocenters. The second kappa shape index (κ2) is 6.00. The first kappa shape index (κ1) is 15.3. The maximum Gasteiger partial charge on any atom is 0.160 e. The van der Waals surface area contributed by atoms with Crippen molar-refractivity contribution >= 4 is 28.4 Å². The summed E-state index contributed by atoms with van der Waals surface area (Å²) in [5.41, 5.74) is 7.88. The number of aromatic nitrogens is 3. The molecule has 7 heteroatoms. The zero-order valence-corrected chi connectivity index (χ0v) is 13.3. The van der Waals surface area contributed by atoms with Crippen molar-refractivity contribution < 1.29 is 4.39 Å². The van der Waals surface area contributed by atoms with E-state index in [0.717, 1.165) is 18.9 Å². The van der Waals surface area contributed by atoms with Gasteiger partial charge in [-0.2, -0.15) is 0 Å². The molecular formula is C18H15FN6. The van der Waals surface area contributed by atoms with Crippen LogP contribution >= 0.6 is 0 Å². The summed E-state index contributed by atoms with van der Waals surface area (Å²) in [7, 11) is 0. The molecule has 4 rings (SSSR count). The number of nitrogens with one attached hydrogen (secondary N) is 1. The van der Waals surface area contributed by atoms with E-state index in [1.807, 2.05) is 12.1 Å². The van der Waals surface area contributed by atoms with Crippen LogP contribution in [0, 0.1) is 18.2 Å². The standard InChI is InChI=1S/C18H15FN6/c1-2-11-3-4-13(19)15(7-11)23-18-17-14(21-10-22-18)5-6-16(24-17)25-8-12(20)9-25/h1,3-7,10,12H,8-9,20H2,(H,21,22,23). The quantitative estimate of drug-likeness (QED) is 0.714. The molecule has 6 nitrogen and oxygen atoms in total. The van der Waals surface area contributed by atoms with Crippen molar-refractivity contribution in [1.82, 2.24) is 15.0 Å². The normalized spacial score (nSPS) is 14.2. The van der Waals surface area contributed by atoms with Gasteiger partial charge in [-0.3, -0.25) is 0 Å². The molecular weight excluding hydrogens is 319 g/mol. The Hall–Kier alpha value is -3.24. The van der Waals surface area contributed by atoms with Gasteiger partial charge in [-0.15, -0.1) is 6.42 Å². The fourth-order valence-corrected chi connectivity index (χ4v) is 2.74. The molecule has 124 valence electrons. The van der Waals surface area contributed by atoms with E-state index in [9.17, 15) is 4.39 Å². The first-order valence-corrected chi connectivity index (χ1v) is 7.79. The second-order valence-corrected chi connectivity index (χ2v) is 5.89. The van der Waals surface area contributed by atoms with Gasteiger partial charge in [0.1, 0.15) is 23.5 Å². The number of anilines is 3. The van der Waals surface area contributed by atoms with E-state index in [4.69, 9.17) is 12.2 Å². The largest absolute Gasteiger partial charge is 0.353 e. The number of hydrogen-bond acceptors (Lipinski definition) is 6. The lowest BCUT2D eigenvalue weighted by Gasteiger charge is -2.37. The van der Waals surface area contributed by atoms with E-state index in [-0.39, 0.29) is 11.7 Å². The van der Waals surface area contributed by atoms with E-state index < -0.39 is 5.82 Å². The predicted octanol–water partition coefficient (Wildman–Crippen LogP) is 2.04. The van der Waals surface area contributed by atoms with Crippen molar-refractivity contribution in [2.45, 2.75) is 6.04 Å². The number of rotatable bonds is 3. The van der Waals surface area contributed by atoms with Gasteiger partial charge in [-0.05, 0) is 30.3 Å². The lowest BCUT2D eigenvalue weighted by atomic mass is 10.1. The van der Waals surface area contributed by atoms with Crippen LogP contribution < -0.4 is 16.0 Å². The number of nitrogens with two attached hydrogens (primary N) is 1. The van der Waals surface area contributed by atoms with E-state index in [0.29, 0.717) is 22.4 Å². The Kier molecular flexibility index (Phi) is 3.67. The Labute approximate surface area is 143 Å². The Morgan fingerprint density at radius 3 is 2.84 bits per heavy atom. The van der Waals surface area contributed by atoms with Crippen LogP contribution in [0.2, 0.25) is 0 Å². The summed E-state index contributed by atoms with van der Waals surface area (Å²) in [6, 6.07) is 8.35. The molecule has 0 radical (unpaired) electrons. The molecule has 3 aromatic rings. The van der Waals surface area contributed by atoms with E-state index >= 15 is 0 Å². The van der Waals surface area contributed by atoms with E-state index in [1.165, 1.54) is 12.4 Å². The summed E-state index contributed by atoms with van der Waals surface area (Å²) in [6.07, 6.45) is 6.80. The molecule has 1 fully saturated rings. The third-order valence-electron chi connectivity index (χ3n) is 4.09. The molecule has 3 N–H and O–H groups in total. The average molecular weight is 334 g/mol. The number of pyridine rings is 1. The molecule has 3 heterocycles. The van der Waals surface area contributed by atoms with Crippen LogP contribution in [0.4, 0.5) is 21.7 Å². The minimum absolute atomic E-state index is 0.169. The van der Waals surface area contributed by atoms with Crippen molar-refractivity contribution in [3.8, 4) is 12.3 Å². The molecule has 0 amide bonds. The SMILES string of the molecule is C#Cc1ccc(F)c(Nc2ncnc3ccc(N4CC(N)C4)nc23)c1.